The molecule has 7 aromatic carbocycles. The van der Waals surface area contributed by atoms with E-state index in [0.29, 0.717) is 5.89 Å². The highest BCUT2D eigenvalue weighted by atomic mass is 16.4. The van der Waals surface area contributed by atoms with E-state index in [1.54, 1.807) is 0 Å². The number of para-hydroxylation sites is 4. The average molecular weight is 773 g/mol. The van der Waals surface area contributed by atoms with Crippen LogP contribution in [0.5, 0.6) is 0 Å². The van der Waals surface area contributed by atoms with Gasteiger partial charge in [0, 0.05) is 16.7 Å². The molecule has 3 aromatic heterocycles. The van der Waals surface area contributed by atoms with Crippen LogP contribution in [0.15, 0.2) is 179 Å². The first kappa shape index (κ1) is 34.4. The zero-order chi connectivity index (χ0) is 39.6. The van der Waals surface area contributed by atoms with Crippen LogP contribution in [0.4, 0.5) is 0 Å². The van der Waals surface area contributed by atoms with Crippen molar-refractivity contribution in [3.05, 3.63) is 193 Å². The molecule has 0 spiro atoms. The lowest BCUT2D eigenvalue weighted by atomic mass is 9.87. The van der Waals surface area contributed by atoms with Crippen LogP contribution in [0.25, 0.3) is 100 Å². The number of rotatable bonds is 6. The van der Waals surface area contributed by atoms with Gasteiger partial charge >= 0.3 is 0 Å². The first-order chi connectivity index (χ1) is 29.7. The van der Waals surface area contributed by atoms with Crippen LogP contribution in [0.3, 0.4) is 0 Å². The lowest BCUT2D eigenvalue weighted by Gasteiger charge is -2.20. The highest BCUT2D eigenvalue weighted by Gasteiger charge is 2.23. The molecule has 0 bridgehead atoms. The summed E-state index contributed by atoms with van der Waals surface area (Å²) in [4.78, 5) is 20.4. The molecule has 6 nitrogen and oxygen atoms in total. The van der Waals surface area contributed by atoms with E-state index in [9.17, 15) is 0 Å². The topological polar surface area (TPSA) is 77.8 Å². The molecule has 0 fully saturated rings. The minimum absolute atomic E-state index is 0.0922. The number of oxazole rings is 2. The molecule has 10 aromatic rings. The first-order valence-electron chi connectivity index (χ1n) is 20.5. The number of aromatic nitrogens is 4. The average Bonchev–Trinajstić information content (AvgIpc) is 3.96. The lowest BCUT2D eigenvalue weighted by molar-refractivity contribution is 0.505. The van der Waals surface area contributed by atoms with Gasteiger partial charge in [0.2, 0.25) is 11.8 Å². The normalized spacial score (nSPS) is 14.9. The summed E-state index contributed by atoms with van der Waals surface area (Å²) >= 11 is 0. The van der Waals surface area contributed by atoms with Gasteiger partial charge in [-0.15, -0.1) is 0 Å². The van der Waals surface area contributed by atoms with Gasteiger partial charge in [0.15, 0.2) is 11.2 Å². The summed E-state index contributed by atoms with van der Waals surface area (Å²) < 4.78 is 12.2. The fraction of sp³-hybridized carbons (Fsp3) is 0.0741. The largest absolute Gasteiger partial charge is 0.440 e. The summed E-state index contributed by atoms with van der Waals surface area (Å²) in [6, 6.07) is 50.6. The second-order valence-electron chi connectivity index (χ2n) is 15.6. The molecule has 284 valence electrons. The van der Waals surface area contributed by atoms with Gasteiger partial charge in [0.25, 0.3) is 0 Å². The molecule has 2 aliphatic rings. The third-order valence-corrected chi connectivity index (χ3v) is 12.0. The Hall–Kier alpha value is -7.70. The van der Waals surface area contributed by atoms with Crippen molar-refractivity contribution in [3.63, 3.8) is 0 Å². The standard InChI is InChI=1S/C54H36N4O2/c1-3-13-41-39(11-1)37(33-21-25-35(26-22-33)53-57-47-17-7-9-19-49(47)59-53)29-31-43(41)51-52(56-46-16-6-5-15-45(46)55-51)44-32-30-38(40-12-2-4-14-42(40)44)34-23-27-36(28-24-34)54-58-48-18-8-10-20-50(48)60-54/h1-5,7-15,17-27,29-32,36H,6,16,28H2. The van der Waals surface area contributed by atoms with E-state index >= 15 is 0 Å². The van der Waals surface area contributed by atoms with E-state index in [1.807, 2.05) is 48.5 Å². The minimum Gasteiger partial charge on any atom is -0.440 e. The van der Waals surface area contributed by atoms with Gasteiger partial charge in [0.1, 0.15) is 11.0 Å². The maximum Gasteiger partial charge on any atom is 0.227 e. The number of hydrogen-bond acceptors (Lipinski definition) is 6. The van der Waals surface area contributed by atoms with Crippen molar-refractivity contribution in [2.45, 2.75) is 25.2 Å². The quantitative estimate of drug-likeness (QED) is 0.167. The van der Waals surface area contributed by atoms with Gasteiger partial charge < -0.3 is 8.83 Å². The highest BCUT2D eigenvalue weighted by molar-refractivity contribution is 6.09. The molecule has 0 amide bonds. The molecule has 0 N–H and O–H groups in total. The van der Waals surface area contributed by atoms with E-state index in [-0.39, 0.29) is 5.92 Å². The number of allylic oxidation sites excluding steroid dienone is 5. The van der Waals surface area contributed by atoms with Crippen LogP contribution < -0.4 is 0 Å². The molecule has 0 radical (unpaired) electrons. The SMILES string of the molecule is C1=Cc2nc(-c3ccc(-c4ccc(-c5nc6ccccc6o5)cc4)c4ccccc34)c(-c3ccc(C4=CCC(c5nc6ccccc6o5)C=C4)c4ccccc34)nc2CC1. The van der Waals surface area contributed by atoms with E-state index in [2.05, 4.69) is 127 Å². The molecule has 6 heteroatoms. The molecule has 12 rings (SSSR count). The van der Waals surface area contributed by atoms with Crippen molar-refractivity contribution in [1.82, 2.24) is 19.9 Å². The highest BCUT2D eigenvalue weighted by Crippen LogP contribution is 2.43. The molecule has 3 heterocycles. The molecule has 0 aliphatic heterocycles. The number of fused-ring (bicyclic) bond motifs is 5. The zero-order valence-corrected chi connectivity index (χ0v) is 32.5. The predicted molar refractivity (Wildman–Crippen MR) is 242 cm³/mol. The van der Waals surface area contributed by atoms with E-state index in [0.717, 1.165) is 114 Å². The number of aryl methyl sites for hydroxylation is 1. The van der Waals surface area contributed by atoms with Crippen LogP contribution >= 0.6 is 0 Å². The van der Waals surface area contributed by atoms with Crippen molar-refractivity contribution >= 4 is 55.4 Å². The Morgan fingerprint density at radius 3 is 1.75 bits per heavy atom. The first-order valence-corrected chi connectivity index (χ1v) is 20.5. The Morgan fingerprint density at radius 2 is 1.07 bits per heavy atom. The van der Waals surface area contributed by atoms with Crippen molar-refractivity contribution < 1.29 is 8.83 Å². The van der Waals surface area contributed by atoms with Gasteiger partial charge in [-0.25, -0.2) is 19.9 Å². The molecule has 1 atom stereocenters. The Kier molecular flexibility index (Phi) is 8.01. The van der Waals surface area contributed by atoms with Gasteiger partial charge in [-0.1, -0.05) is 133 Å². The summed E-state index contributed by atoms with van der Waals surface area (Å²) in [5, 5.41) is 4.60. The summed E-state index contributed by atoms with van der Waals surface area (Å²) in [6.45, 7) is 0. The molecular weight excluding hydrogens is 737 g/mol. The van der Waals surface area contributed by atoms with Crippen LogP contribution in [-0.2, 0) is 6.42 Å². The molecular formula is C54H36N4O2. The number of hydrogen-bond donors (Lipinski definition) is 0. The van der Waals surface area contributed by atoms with Crippen LogP contribution in [0.2, 0.25) is 0 Å². The molecule has 60 heavy (non-hydrogen) atoms. The summed E-state index contributed by atoms with van der Waals surface area (Å²) in [6.07, 6.45) is 13.7. The second-order valence-corrected chi connectivity index (χ2v) is 15.6. The van der Waals surface area contributed by atoms with Gasteiger partial charge in [-0.3, -0.25) is 0 Å². The summed E-state index contributed by atoms with van der Waals surface area (Å²) in [5.41, 5.74) is 14.8. The van der Waals surface area contributed by atoms with E-state index < -0.39 is 0 Å². The molecule has 0 saturated heterocycles. The maximum absolute atomic E-state index is 6.14. The third-order valence-electron chi connectivity index (χ3n) is 12.0. The lowest BCUT2D eigenvalue weighted by Crippen LogP contribution is -2.06. The maximum atomic E-state index is 6.14. The van der Waals surface area contributed by atoms with Gasteiger partial charge in [0.05, 0.1) is 28.7 Å². The Balaban J connectivity index is 0.946. The predicted octanol–water partition coefficient (Wildman–Crippen LogP) is 13.8. The van der Waals surface area contributed by atoms with Crippen LogP contribution in [0.1, 0.15) is 41.6 Å². The van der Waals surface area contributed by atoms with Crippen molar-refractivity contribution in [2.24, 2.45) is 0 Å². The Morgan fingerprint density at radius 1 is 0.483 bits per heavy atom. The third kappa shape index (κ3) is 5.79. The van der Waals surface area contributed by atoms with Crippen LogP contribution in [0, 0.1) is 0 Å². The summed E-state index contributed by atoms with van der Waals surface area (Å²) in [5.74, 6) is 1.47. The van der Waals surface area contributed by atoms with Crippen molar-refractivity contribution in [3.8, 4) is 45.1 Å². The zero-order valence-electron chi connectivity index (χ0n) is 32.5. The number of benzene rings is 7. The molecule has 0 saturated carbocycles. The second kappa shape index (κ2) is 14.0. The van der Waals surface area contributed by atoms with E-state index in [1.165, 1.54) is 16.5 Å². The minimum atomic E-state index is 0.0922. The Labute approximate surface area is 345 Å². The van der Waals surface area contributed by atoms with Crippen molar-refractivity contribution in [1.29, 1.82) is 0 Å². The van der Waals surface area contributed by atoms with Gasteiger partial charge in [-0.2, -0.15) is 0 Å². The Bertz CT molecular complexity index is 3360. The fourth-order valence-corrected chi connectivity index (χ4v) is 8.95. The summed E-state index contributed by atoms with van der Waals surface area (Å²) in [7, 11) is 0. The van der Waals surface area contributed by atoms with Crippen LogP contribution in [-0.4, -0.2) is 19.9 Å². The van der Waals surface area contributed by atoms with Gasteiger partial charge in [-0.05, 0) is 106 Å². The van der Waals surface area contributed by atoms with Crippen molar-refractivity contribution in [2.75, 3.05) is 0 Å². The fourth-order valence-electron chi connectivity index (χ4n) is 8.95. The molecule has 1 unspecified atom stereocenters. The van der Waals surface area contributed by atoms with E-state index in [4.69, 9.17) is 28.8 Å². The number of nitrogens with zero attached hydrogens (tertiary/aromatic N) is 4. The monoisotopic (exact) mass is 772 g/mol. The smallest absolute Gasteiger partial charge is 0.227 e. The molecule has 2 aliphatic carbocycles.